The summed E-state index contributed by atoms with van der Waals surface area (Å²) in [6, 6.07) is 8.67. The summed E-state index contributed by atoms with van der Waals surface area (Å²) >= 11 is 0. The maximum absolute atomic E-state index is 14.7. The van der Waals surface area contributed by atoms with Crippen LogP contribution in [0.3, 0.4) is 0 Å². The fourth-order valence-electron chi connectivity index (χ4n) is 8.45. The monoisotopic (exact) mass is 589 g/mol. The molecule has 6 unspecified atom stereocenters. The number of piperazine rings is 1. The molecule has 6 rings (SSSR count). The summed E-state index contributed by atoms with van der Waals surface area (Å²) in [6.45, 7) is 9.93. The van der Waals surface area contributed by atoms with Crippen LogP contribution in [0.25, 0.3) is 0 Å². The molecule has 1 aromatic rings. The molecule has 1 saturated carbocycles. The van der Waals surface area contributed by atoms with Gasteiger partial charge in [0.15, 0.2) is 12.1 Å². The Kier molecular flexibility index (Phi) is 8.64. The van der Waals surface area contributed by atoms with Crippen LogP contribution in [0.4, 0.5) is 5.69 Å². The van der Waals surface area contributed by atoms with E-state index in [2.05, 4.69) is 77.2 Å². The minimum Gasteiger partial charge on any atom is -0.373 e. The fourth-order valence-corrected chi connectivity index (χ4v) is 8.45. The molecule has 5 aliphatic rings. The average molecular weight is 590 g/mol. The van der Waals surface area contributed by atoms with Gasteiger partial charge in [0.05, 0.1) is 42.8 Å². The number of hydrogen-bond acceptors (Lipinski definition) is 9. The maximum atomic E-state index is 14.7. The highest BCUT2D eigenvalue weighted by atomic mass is 16.5. The zero-order valence-corrected chi connectivity index (χ0v) is 25.9. The van der Waals surface area contributed by atoms with Crippen molar-refractivity contribution in [3.05, 3.63) is 42.0 Å². The molecule has 4 heterocycles. The minimum atomic E-state index is -0.460. The van der Waals surface area contributed by atoms with Gasteiger partial charge in [-0.05, 0) is 75.9 Å². The zero-order valence-electron chi connectivity index (χ0n) is 25.9. The number of benzene rings is 1. The second-order valence-corrected chi connectivity index (χ2v) is 13.5. The molecule has 1 amide bonds. The first-order valence-corrected chi connectivity index (χ1v) is 16.0. The maximum Gasteiger partial charge on any atom is 0.246 e. The number of nitrogens with one attached hydrogen (secondary N) is 2. The van der Waals surface area contributed by atoms with Crippen LogP contribution in [-0.4, -0.2) is 110 Å². The Hall–Kier alpha value is -2.81. The van der Waals surface area contributed by atoms with Crippen LogP contribution >= 0.6 is 0 Å². The van der Waals surface area contributed by atoms with Crippen molar-refractivity contribution in [2.24, 2.45) is 11.3 Å². The van der Waals surface area contributed by atoms with Gasteiger partial charge < -0.3 is 19.4 Å². The third-order valence-corrected chi connectivity index (χ3v) is 10.8. The Labute approximate surface area is 256 Å². The van der Waals surface area contributed by atoms with Gasteiger partial charge in [-0.25, -0.2) is 0 Å². The van der Waals surface area contributed by atoms with Crippen molar-refractivity contribution in [2.75, 3.05) is 58.3 Å². The molecule has 232 valence electrons. The van der Waals surface area contributed by atoms with Gasteiger partial charge in [-0.2, -0.15) is 5.26 Å². The number of likely N-dealkylation sites (N-methyl/N-ethyl adjacent to an activating group) is 1. The number of ether oxygens (including phenoxy) is 1. The lowest BCUT2D eigenvalue weighted by Gasteiger charge is -2.56. The van der Waals surface area contributed by atoms with Crippen LogP contribution in [0.5, 0.6) is 0 Å². The number of Topliss-reactive ketones (excluding diaryl/α,β-unsaturated/α-hetero) is 1. The van der Waals surface area contributed by atoms with Crippen LogP contribution in [0.1, 0.15) is 43.2 Å². The summed E-state index contributed by atoms with van der Waals surface area (Å²) < 4.78 is 6.49. The van der Waals surface area contributed by atoms with E-state index in [0.717, 1.165) is 38.8 Å². The van der Waals surface area contributed by atoms with Gasteiger partial charge in [-0.15, -0.1) is 0 Å². The highest BCUT2D eigenvalue weighted by Gasteiger charge is 2.56. The standard InChI is InChI=1S/C33H47N7O3/c1-5-28(41)40-16-15-39(19-24(40)11-13-34)31-26-10-12-33(18-23-9-8-22(2)17-27(23)38(4)21-33)30(42)29(26)35-32(36-31)43-20-25-7-6-14-37(25)3/h5,8-9,17,24-26,29,31-32,35-36H,1,6-7,10-12,14-16,18-21H2,2-4H3/t24?,25?,26?,29?,31?,32?,33-/m0/s1. The number of amides is 1. The van der Waals surface area contributed by atoms with Crippen LogP contribution < -0.4 is 15.5 Å². The lowest BCUT2D eigenvalue weighted by Crippen LogP contribution is -2.75. The fraction of sp³-hybridized carbons (Fsp3) is 0.667. The third-order valence-electron chi connectivity index (χ3n) is 10.8. The number of aryl methyl sites for hydroxylation is 1. The molecule has 43 heavy (non-hydrogen) atoms. The first-order valence-electron chi connectivity index (χ1n) is 16.0. The molecule has 4 aliphatic heterocycles. The number of anilines is 1. The number of carbonyl (C=O) groups is 2. The summed E-state index contributed by atoms with van der Waals surface area (Å²) in [6.07, 6.45) is 5.82. The molecule has 4 fully saturated rings. The molecule has 10 heteroatoms. The molecule has 1 aliphatic carbocycles. The van der Waals surface area contributed by atoms with Crippen molar-refractivity contribution in [3.63, 3.8) is 0 Å². The molecule has 7 atom stereocenters. The first kappa shape index (κ1) is 30.2. The van der Waals surface area contributed by atoms with Crippen molar-refractivity contribution in [3.8, 4) is 6.07 Å². The van der Waals surface area contributed by atoms with Crippen LogP contribution in [0, 0.1) is 29.6 Å². The quantitative estimate of drug-likeness (QED) is 0.481. The number of rotatable bonds is 6. The number of hydrogen-bond donors (Lipinski definition) is 2. The lowest BCUT2D eigenvalue weighted by molar-refractivity contribution is -0.152. The Balaban J connectivity index is 1.26. The van der Waals surface area contributed by atoms with E-state index in [1.807, 2.05) is 0 Å². The highest BCUT2D eigenvalue weighted by Crippen LogP contribution is 2.47. The molecule has 0 radical (unpaired) electrons. The lowest BCUT2D eigenvalue weighted by atomic mass is 9.61. The summed E-state index contributed by atoms with van der Waals surface area (Å²) in [4.78, 5) is 36.0. The van der Waals surface area contributed by atoms with Crippen molar-refractivity contribution in [1.29, 1.82) is 5.26 Å². The number of fused-ring (bicyclic) bond motifs is 2. The molecule has 10 nitrogen and oxygen atoms in total. The number of likely N-dealkylation sites (tertiary alicyclic amines) is 1. The van der Waals surface area contributed by atoms with E-state index in [1.54, 1.807) is 4.90 Å². The molecule has 0 aromatic heterocycles. The number of nitriles is 1. The molecule has 0 bridgehead atoms. The van der Waals surface area contributed by atoms with Gasteiger partial charge in [-0.1, -0.05) is 18.7 Å². The molecule has 3 saturated heterocycles. The summed E-state index contributed by atoms with van der Waals surface area (Å²) in [5.41, 5.74) is 3.27. The smallest absolute Gasteiger partial charge is 0.246 e. The van der Waals surface area contributed by atoms with E-state index in [9.17, 15) is 14.9 Å². The summed E-state index contributed by atoms with van der Waals surface area (Å²) in [7, 11) is 4.26. The van der Waals surface area contributed by atoms with Crippen molar-refractivity contribution in [2.45, 2.75) is 76.1 Å². The van der Waals surface area contributed by atoms with E-state index in [-0.39, 0.29) is 42.3 Å². The number of nitrogens with zero attached hydrogens (tertiary/aromatic N) is 5. The van der Waals surface area contributed by atoms with Gasteiger partial charge in [0.25, 0.3) is 0 Å². The van der Waals surface area contributed by atoms with Gasteiger partial charge in [-0.3, -0.25) is 25.1 Å². The molecular formula is C33H47N7O3. The predicted octanol–water partition coefficient (Wildman–Crippen LogP) is 1.85. The largest absolute Gasteiger partial charge is 0.373 e. The van der Waals surface area contributed by atoms with E-state index >= 15 is 0 Å². The Morgan fingerprint density at radius 2 is 2.05 bits per heavy atom. The van der Waals surface area contributed by atoms with Gasteiger partial charge in [0.2, 0.25) is 5.91 Å². The number of carbonyl (C=O) groups excluding carboxylic acids is 2. The highest BCUT2D eigenvalue weighted by molar-refractivity contribution is 5.93. The minimum absolute atomic E-state index is 0.0567. The van der Waals surface area contributed by atoms with Crippen molar-refractivity contribution < 1.29 is 14.3 Å². The summed E-state index contributed by atoms with van der Waals surface area (Å²) in [5, 5.41) is 16.9. The second kappa shape index (κ2) is 12.3. The molecular weight excluding hydrogens is 542 g/mol. The van der Waals surface area contributed by atoms with E-state index < -0.39 is 11.8 Å². The van der Waals surface area contributed by atoms with Crippen LogP contribution in [-0.2, 0) is 20.7 Å². The van der Waals surface area contributed by atoms with Gasteiger partial charge >= 0.3 is 0 Å². The van der Waals surface area contributed by atoms with Crippen LogP contribution in [0.15, 0.2) is 30.9 Å². The summed E-state index contributed by atoms with van der Waals surface area (Å²) in [5.74, 6) is 0.208. The van der Waals surface area contributed by atoms with Gasteiger partial charge in [0, 0.05) is 50.9 Å². The SMILES string of the molecule is C=CC(=O)N1CCN(C2NC(OCC3CCCN3C)NC3C(=O)[C@@]4(CCC32)Cc2ccc(C)cc2N(C)C4)CC1CC#N. The normalized spacial score (nSPS) is 35.0. The average Bonchev–Trinajstić information content (AvgIpc) is 3.42. The van der Waals surface area contributed by atoms with Crippen LogP contribution in [0.2, 0.25) is 0 Å². The Bertz CT molecular complexity index is 1280. The Morgan fingerprint density at radius 1 is 1.21 bits per heavy atom. The third kappa shape index (κ3) is 5.74. The first-order chi connectivity index (χ1) is 20.7. The predicted molar refractivity (Wildman–Crippen MR) is 165 cm³/mol. The van der Waals surface area contributed by atoms with E-state index in [4.69, 9.17) is 4.74 Å². The van der Waals surface area contributed by atoms with Crippen molar-refractivity contribution >= 4 is 17.4 Å². The van der Waals surface area contributed by atoms with E-state index in [1.165, 1.54) is 29.3 Å². The second-order valence-electron chi connectivity index (χ2n) is 13.5. The van der Waals surface area contributed by atoms with E-state index in [0.29, 0.717) is 32.3 Å². The van der Waals surface area contributed by atoms with Gasteiger partial charge in [0.1, 0.15) is 0 Å². The topological polar surface area (TPSA) is 104 Å². The molecule has 2 N–H and O–H groups in total. The zero-order chi connectivity index (χ0) is 30.3. The van der Waals surface area contributed by atoms with Crippen molar-refractivity contribution in [1.82, 2.24) is 25.3 Å². The number of ketones is 1. The Morgan fingerprint density at radius 3 is 2.79 bits per heavy atom. The molecule has 1 aromatic carbocycles. The molecule has 1 spiro atoms.